The zero-order chi connectivity index (χ0) is 19.1. The van der Waals surface area contributed by atoms with Gasteiger partial charge in [0.25, 0.3) is 0 Å². The summed E-state index contributed by atoms with van der Waals surface area (Å²) in [5.74, 6) is -1.11. The molecule has 1 unspecified atom stereocenters. The molecule has 0 aliphatic heterocycles. The first kappa shape index (κ1) is 24.3. The van der Waals surface area contributed by atoms with E-state index in [1.54, 1.807) is 0 Å². The molecule has 0 rings (SSSR count). The number of unbranched alkanes of at least 4 members (excludes halogenated alkanes) is 6. The van der Waals surface area contributed by atoms with Crippen molar-refractivity contribution in [3.63, 3.8) is 0 Å². The van der Waals surface area contributed by atoms with Gasteiger partial charge in [-0.1, -0.05) is 65.2 Å². The Morgan fingerprint density at radius 1 is 0.920 bits per heavy atom. The second kappa shape index (κ2) is 14.5. The SMILES string of the molecule is CCCCCCCC(CCCC)S(=O)(=O)N[C@@H](CCCCN)C(=O)O. The van der Waals surface area contributed by atoms with E-state index in [2.05, 4.69) is 11.6 Å². The van der Waals surface area contributed by atoms with Gasteiger partial charge >= 0.3 is 5.97 Å². The van der Waals surface area contributed by atoms with Crippen LogP contribution in [0.2, 0.25) is 0 Å². The average Bonchev–Trinajstić information content (AvgIpc) is 2.56. The summed E-state index contributed by atoms with van der Waals surface area (Å²) in [5.41, 5.74) is 5.42. The van der Waals surface area contributed by atoms with Crippen LogP contribution in [0.4, 0.5) is 0 Å². The molecule has 7 heteroatoms. The molecule has 0 aromatic carbocycles. The minimum atomic E-state index is -3.63. The van der Waals surface area contributed by atoms with Crippen LogP contribution in [-0.2, 0) is 14.8 Å². The molecule has 0 aromatic rings. The first-order valence-electron chi connectivity index (χ1n) is 9.83. The Kier molecular flexibility index (Phi) is 14.1. The summed E-state index contributed by atoms with van der Waals surface area (Å²) in [4.78, 5) is 11.4. The van der Waals surface area contributed by atoms with Crippen molar-refractivity contribution in [2.45, 2.75) is 102 Å². The van der Waals surface area contributed by atoms with Crippen molar-refractivity contribution in [1.82, 2.24) is 4.72 Å². The summed E-state index contributed by atoms with van der Waals surface area (Å²) < 4.78 is 27.9. The van der Waals surface area contributed by atoms with E-state index >= 15 is 0 Å². The number of carboxylic acid groups (broad SMARTS) is 1. The van der Waals surface area contributed by atoms with E-state index < -0.39 is 27.3 Å². The first-order valence-corrected chi connectivity index (χ1v) is 11.4. The minimum absolute atomic E-state index is 0.281. The van der Waals surface area contributed by atoms with Crippen LogP contribution >= 0.6 is 0 Å². The van der Waals surface area contributed by atoms with Gasteiger partial charge in [-0.15, -0.1) is 0 Å². The number of rotatable bonds is 17. The third-order valence-electron chi connectivity index (χ3n) is 4.50. The lowest BCUT2D eigenvalue weighted by Gasteiger charge is -2.21. The zero-order valence-corrected chi connectivity index (χ0v) is 16.8. The van der Waals surface area contributed by atoms with Crippen molar-refractivity contribution in [2.24, 2.45) is 5.73 Å². The average molecular weight is 379 g/mol. The lowest BCUT2D eigenvalue weighted by atomic mass is 10.1. The van der Waals surface area contributed by atoms with Crippen molar-refractivity contribution in [3.8, 4) is 0 Å². The number of nitrogens with one attached hydrogen (secondary N) is 1. The first-order chi connectivity index (χ1) is 11.9. The van der Waals surface area contributed by atoms with Crippen molar-refractivity contribution in [2.75, 3.05) is 6.54 Å². The van der Waals surface area contributed by atoms with Crippen LogP contribution in [0.15, 0.2) is 0 Å². The highest BCUT2D eigenvalue weighted by molar-refractivity contribution is 7.90. The van der Waals surface area contributed by atoms with Crippen molar-refractivity contribution >= 4 is 16.0 Å². The van der Waals surface area contributed by atoms with Gasteiger partial charge in [0.1, 0.15) is 6.04 Å². The molecule has 0 aromatic heterocycles. The predicted molar refractivity (Wildman–Crippen MR) is 103 cm³/mol. The molecule has 0 heterocycles. The molecule has 0 amide bonds. The van der Waals surface area contributed by atoms with E-state index in [0.29, 0.717) is 32.2 Å². The number of carbonyl (C=O) groups is 1. The van der Waals surface area contributed by atoms with E-state index in [4.69, 9.17) is 5.73 Å². The Balaban J connectivity index is 4.76. The van der Waals surface area contributed by atoms with Gasteiger partial charge in [-0.2, -0.15) is 0 Å². The van der Waals surface area contributed by atoms with Crippen LogP contribution in [0.3, 0.4) is 0 Å². The number of sulfonamides is 1. The van der Waals surface area contributed by atoms with Crippen LogP contribution in [0.1, 0.15) is 90.9 Å². The Hall–Kier alpha value is -0.660. The van der Waals surface area contributed by atoms with Gasteiger partial charge in [0.05, 0.1) is 5.25 Å². The normalized spacial score (nSPS) is 14.4. The molecule has 150 valence electrons. The number of aliphatic carboxylic acids is 1. The Bertz CT molecular complexity index is 440. The molecule has 0 bridgehead atoms. The fraction of sp³-hybridized carbons (Fsp3) is 0.944. The maximum atomic E-state index is 12.7. The van der Waals surface area contributed by atoms with E-state index in [1.807, 2.05) is 6.92 Å². The summed E-state index contributed by atoms with van der Waals surface area (Å²) in [5, 5.41) is 8.81. The molecule has 0 aliphatic rings. The third kappa shape index (κ3) is 11.5. The molecule has 6 nitrogen and oxygen atoms in total. The van der Waals surface area contributed by atoms with Crippen molar-refractivity contribution in [1.29, 1.82) is 0 Å². The molecule has 0 aliphatic carbocycles. The molecule has 0 fully saturated rings. The Morgan fingerprint density at radius 3 is 2.04 bits per heavy atom. The molecular formula is C18H38N2O4S. The fourth-order valence-corrected chi connectivity index (χ4v) is 4.64. The summed E-state index contributed by atoms with van der Waals surface area (Å²) >= 11 is 0. The van der Waals surface area contributed by atoms with Crippen LogP contribution < -0.4 is 10.5 Å². The van der Waals surface area contributed by atoms with E-state index in [0.717, 1.165) is 38.5 Å². The molecule has 2 atom stereocenters. The number of carboxylic acids is 1. The van der Waals surface area contributed by atoms with Gasteiger partial charge in [0.15, 0.2) is 0 Å². The molecule has 4 N–H and O–H groups in total. The highest BCUT2D eigenvalue weighted by Crippen LogP contribution is 2.19. The molecule has 0 saturated heterocycles. The lowest BCUT2D eigenvalue weighted by molar-refractivity contribution is -0.139. The Labute approximate surface area is 154 Å². The smallest absolute Gasteiger partial charge is 0.321 e. The van der Waals surface area contributed by atoms with E-state index in [1.165, 1.54) is 6.42 Å². The van der Waals surface area contributed by atoms with Gasteiger partial charge in [-0.3, -0.25) is 4.79 Å². The second-order valence-electron chi connectivity index (χ2n) is 6.81. The highest BCUT2D eigenvalue weighted by Gasteiger charge is 2.30. The summed E-state index contributed by atoms with van der Waals surface area (Å²) in [6.45, 7) is 4.66. The number of hydrogen-bond acceptors (Lipinski definition) is 4. The quantitative estimate of drug-likeness (QED) is 0.336. The summed E-state index contributed by atoms with van der Waals surface area (Å²) in [6.07, 6.45) is 9.91. The highest BCUT2D eigenvalue weighted by atomic mass is 32.2. The van der Waals surface area contributed by atoms with Crippen LogP contribution in [-0.4, -0.2) is 37.3 Å². The van der Waals surface area contributed by atoms with E-state index in [9.17, 15) is 18.3 Å². The third-order valence-corrected chi connectivity index (χ3v) is 6.46. The molecule has 25 heavy (non-hydrogen) atoms. The predicted octanol–water partition coefficient (Wildman–Crippen LogP) is 3.41. The van der Waals surface area contributed by atoms with E-state index in [-0.39, 0.29) is 6.42 Å². The maximum Gasteiger partial charge on any atom is 0.321 e. The topological polar surface area (TPSA) is 109 Å². The van der Waals surface area contributed by atoms with Crippen LogP contribution in [0.5, 0.6) is 0 Å². The maximum absolute atomic E-state index is 12.7. The largest absolute Gasteiger partial charge is 0.480 e. The zero-order valence-electron chi connectivity index (χ0n) is 16.0. The fourth-order valence-electron chi connectivity index (χ4n) is 2.88. The van der Waals surface area contributed by atoms with Crippen molar-refractivity contribution in [3.05, 3.63) is 0 Å². The monoisotopic (exact) mass is 378 g/mol. The molecule has 0 saturated carbocycles. The summed E-state index contributed by atoms with van der Waals surface area (Å²) in [6, 6.07) is -1.05. The Morgan fingerprint density at radius 2 is 1.48 bits per heavy atom. The molecule has 0 spiro atoms. The van der Waals surface area contributed by atoms with Gasteiger partial charge in [0, 0.05) is 0 Å². The van der Waals surface area contributed by atoms with Crippen LogP contribution in [0.25, 0.3) is 0 Å². The number of nitrogens with two attached hydrogens (primary N) is 1. The lowest BCUT2D eigenvalue weighted by Crippen LogP contribution is -2.45. The second-order valence-corrected chi connectivity index (χ2v) is 8.80. The van der Waals surface area contributed by atoms with Crippen LogP contribution in [0, 0.1) is 0 Å². The van der Waals surface area contributed by atoms with Crippen molar-refractivity contribution < 1.29 is 18.3 Å². The standard InChI is InChI=1S/C18H38N2O4S/c1-3-5-7-8-9-13-16(12-6-4-2)25(23,24)20-17(18(21)22)14-10-11-15-19/h16-17,20H,3-15,19H2,1-2H3,(H,21,22)/t16?,17-/m0/s1. The summed E-state index contributed by atoms with van der Waals surface area (Å²) in [7, 11) is -3.63. The minimum Gasteiger partial charge on any atom is -0.480 e. The van der Waals surface area contributed by atoms with Gasteiger partial charge in [-0.25, -0.2) is 13.1 Å². The number of hydrogen-bond donors (Lipinski definition) is 3. The van der Waals surface area contributed by atoms with Gasteiger partial charge < -0.3 is 10.8 Å². The molecule has 0 radical (unpaired) electrons. The van der Waals surface area contributed by atoms with Gasteiger partial charge in [0.2, 0.25) is 10.0 Å². The molecular weight excluding hydrogens is 340 g/mol. The van der Waals surface area contributed by atoms with Gasteiger partial charge in [-0.05, 0) is 32.2 Å².